The Balaban J connectivity index is 1.97. The molecule has 4 heteroatoms. The zero-order chi connectivity index (χ0) is 13.9. The number of rotatable bonds is 3. The summed E-state index contributed by atoms with van der Waals surface area (Å²) in [5.74, 6) is 1.94. The van der Waals surface area contributed by atoms with Gasteiger partial charge in [0.15, 0.2) is 0 Å². The number of hydrogen-bond donors (Lipinski definition) is 1. The molecule has 1 atom stereocenters. The zero-order valence-electron chi connectivity index (χ0n) is 12.1. The molecular weight excluding hydrogens is 250 g/mol. The Morgan fingerprint density at radius 3 is 3.00 bits per heavy atom. The summed E-state index contributed by atoms with van der Waals surface area (Å²) < 4.78 is 5.29. The van der Waals surface area contributed by atoms with Crippen molar-refractivity contribution in [1.82, 2.24) is 10.3 Å². The summed E-state index contributed by atoms with van der Waals surface area (Å²) in [5.41, 5.74) is 0. The van der Waals surface area contributed by atoms with E-state index in [0.717, 1.165) is 24.7 Å². The maximum Gasteiger partial charge on any atom is 0.136 e. The number of likely N-dealkylation sites (N-methyl/N-ethyl adjacent to an activating group) is 1. The highest BCUT2D eigenvalue weighted by atomic mass is 16.5. The Labute approximate surface area is 119 Å². The van der Waals surface area contributed by atoms with Gasteiger partial charge in [0.1, 0.15) is 11.6 Å². The molecule has 0 bridgehead atoms. The first-order valence-electron chi connectivity index (χ1n) is 7.16. The first kappa shape index (κ1) is 13.2. The van der Waals surface area contributed by atoms with Crippen LogP contribution >= 0.6 is 0 Å². The Morgan fingerprint density at radius 2 is 2.25 bits per heavy atom. The van der Waals surface area contributed by atoms with Crippen molar-refractivity contribution in [2.75, 3.05) is 32.1 Å². The van der Waals surface area contributed by atoms with Crippen LogP contribution in [0.25, 0.3) is 10.8 Å². The number of benzene rings is 1. The smallest absolute Gasteiger partial charge is 0.136 e. The third-order valence-corrected chi connectivity index (χ3v) is 4.10. The summed E-state index contributed by atoms with van der Waals surface area (Å²) in [5, 5.41) is 5.82. The highest BCUT2D eigenvalue weighted by Gasteiger charge is 2.20. The second-order valence-electron chi connectivity index (χ2n) is 5.33. The maximum atomic E-state index is 5.29. The van der Waals surface area contributed by atoms with Gasteiger partial charge in [-0.1, -0.05) is 0 Å². The molecule has 1 aliphatic rings. The molecule has 1 saturated heterocycles. The summed E-state index contributed by atoms with van der Waals surface area (Å²) in [6, 6.07) is 8.72. The molecule has 0 saturated carbocycles. The maximum absolute atomic E-state index is 5.29. The van der Waals surface area contributed by atoms with Crippen molar-refractivity contribution < 1.29 is 4.74 Å². The summed E-state index contributed by atoms with van der Waals surface area (Å²) in [6.07, 6.45) is 4.33. The van der Waals surface area contributed by atoms with E-state index in [1.165, 1.54) is 23.6 Å². The van der Waals surface area contributed by atoms with Gasteiger partial charge in [0.25, 0.3) is 0 Å². The predicted molar refractivity (Wildman–Crippen MR) is 82.6 cm³/mol. The minimum atomic E-state index is 0.518. The highest BCUT2D eigenvalue weighted by molar-refractivity contribution is 5.93. The average molecular weight is 271 g/mol. The fourth-order valence-corrected chi connectivity index (χ4v) is 2.89. The molecule has 0 aliphatic carbocycles. The van der Waals surface area contributed by atoms with Crippen molar-refractivity contribution in [1.29, 1.82) is 0 Å². The first-order valence-corrected chi connectivity index (χ1v) is 7.16. The van der Waals surface area contributed by atoms with E-state index < -0.39 is 0 Å². The van der Waals surface area contributed by atoms with Gasteiger partial charge in [0.05, 0.1) is 7.11 Å². The van der Waals surface area contributed by atoms with Crippen LogP contribution in [0, 0.1) is 0 Å². The molecule has 0 amide bonds. The van der Waals surface area contributed by atoms with E-state index in [2.05, 4.69) is 34.4 Å². The summed E-state index contributed by atoms with van der Waals surface area (Å²) in [7, 11) is 3.84. The molecule has 106 valence electrons. The van der Waals surface area contributed by atoms with Crippen LogP contribution in [0.2, 0.25) is 0 Å². The van der Waals surface area contributed by atoms with Gasteiger partial charge in [-0.25, -0.2) is 4.98 Å². The molecule has 20 heavy (non-hydrogen) atoms. The van der Waals surface area contributed by atoms with E-state index in [-0.39, 0.29) is 0 Å². The number of anilines is 1. The minimum absolute atomic E-state index is 0.518. The molecule has 1 aromatic heterocycles. The molecule has 3 rings (SSSR count). The van der Waals surface area contributed by atoms with Gasteiger partial charge in [-0.15, -0.1) is 0 Å². The number of methoxy groups -OCH3 is 1. The van der Waals surface area contributed by atoms with E-state index >= 15 is 0 Å². The zero-order valence-corrected chi connectivity index (χ0v) is 12.1. The lowest BCUT2D eigenvalue weighted by molar-refractivity contribution is 0.415. The summed E-state index contributed by atoms with van der Waals surface area (Å²) in [6.45, 7) is 2.16. The standard InChI is InChI=1S/C16H21N3O/c1-19(13-4-3-8-17-11-13)16-15-6-5-14(20-2)10-12(15)7-9-18-16/h5-7,9-10,13,17H,3-4,8,11H2,1-2H3. The van der Waals surface area contributed by atoms with Crippen LogP contribution < -0.4 is 15.0 Å². The fraction of sp³-hybridized carbons (Fsp3) is 0.438. The van der Waals surface area contributed by atoms with Gasteiger partial charge in [-0.3, -0.25) is 0 Å². The third-order valence-electron chi connectivity index (χ3n) is 4.10. The molecule has 2 heterocycles. The molecular formula is C16H21N3O. The molecule has 0 radical (unpaired) electrons. The quantitative estimate of drug-likeness (QED) is 0.930. The molecule has 0 spiro atoms. The SMILES string of the molecule is COc1ccc2c(N(C)C3CCCNC3)nccc2c1. The van der Waals surface area contributed by atoms with E-state index in [9.17, 15) is 0 Å². The van der Waals surface area contributed by atoms with E-state index in [1.807, 2.05) is 18.3 Å². The van der Waals surface area contributed by atoms with Crippen LogP contribution in [0.4, 0.5) is 5.82 Å². The van der Waals surface area contributed by atoms with Crippen LogP contribution in [0.1, 0.15) is 12.8 Å². The van der Waals surface area contributed by atoms with E-state index in [4.69, 9.17) is 4.74 Å². The average Bonchev–Trinajstić information content (AvgIpc) is 2.54. The lowest BCUT2D eigenvalue weighted by Crippen LogP contribution is -2.44. The Bertz CT molecular complexity index is 593. The number of piperidine rings is 1. The van der Waals surface area contributed by atoms with Gasteiger partial charge in [0.2, 0.25) is 0 Å². The van der Waals surface area contributed by atoms with Crippen LogP contribution in [0.3, 0.4) is 0 Å². The van der Waals surface area contributed by atoms with E-state index in [0.29, 0.717) is 6.04 Å². The van der Waals surface area contributed by atoms with Gasteiger partial charge < -0.3 is 15.0 Å². The van der Waals surface area contributed by atoms with Crippen LogP contribution in [-0.2, 0) is 0 Å². The molecule has 1 aliphatic heterocycles. The largest absolute Gasteiger partial charge is 0.497 e. The molecule has 1 fully saturated rings. The molecule has 2 aromatic rings. The van der Waals surface area contributed by atoms with Gasteiger partial charge >= 0.3 is 0 Å². The highest BCUT2D eigenvalue weighted by Crippen LogP contribution is 2.28. The van der Waals surface area contributed by atoms with Crippen LogP contribution in [0.5, 0.6) is 5.75 Å². The minimum Gasteiger partial charge on any atom is -0.497 e. The first-order chi connectivity index (χ1) is 9.79. The monoisotopic (exact) mass is 271 g/mol. The van der Waals surface area contributed by atoms with Crippen molar-refractivity contribution in [2.45, 2.75) is 18.9 Å². The second kappa shape index (κ2) is 5.67. The molecule has 1 unspecified atom stereocenters. The lowest BCUT2D eigenvalue weighted by atomic mass is 10.1. The van der Waals surface area contributed by atoms with Gasteiger partial charge in [-0.2, -0.15) is 0 Å². The summed E-state index contributed by atoms with van der Waals surface area (Å²) in [4.78, 5) is 6.90. The number of fused-ring (bicyclic) bond motifs is 1. The number of nitrogens with one attached hydrogen (secondary N) is 1. The van der Waals surface area contributed by atoms with Crippen molar-refractivity contribution in [2.24, 2.45) is 0 Å². The molecule has 1 aromatic carbocycles. The predicted octanol–water partition coefficient (Wildman–Crippen LogP) is 2.43. The van der Waals surface area contributed by atoms with E-state index in [1.54, 1.807) is 7.11 Å². The van der Waals surface area contributed by atoms with Crippen LogP contribution in [-0.4, -0.2) is 38.3 Å². The van der Waals surface area contributed by atoms with Gasteiger partial charge in [-0.05, 0) is 49.0 Å². The van der Waals surface area contributed by atoms with Crippen molar-refractivity contribution >= 4 is 16.6 Å². The fourth-order valence-electron chi connectivity index (χ4n) is 2.89. The topological polar surface area (TPSA) is 37.4 Å². The van der Waals surface area contributed by atoms with Crippen LogP contribution in [0.15, 0.2) is 30.5 Å². The number of hydrogen-bond acceptors (Lipinski definition) is 4. The molecule has 1 N–H and O–H groups in total. The lowest BCUT2D eigenvalue weighted by Gasteiger charge is -2.33. The normalized spacial score (nSPS) is 19.0. The van der Waals surface area contributed by atoms with Crippen molar-refractivity contribution in [3.63, 3.8) is 0 Å². The third kappa shape index (κ3) is 2.43. The number of ether oxygens (including phenoxy) is 1. The Kier molecular flexibility index (Phi) is 3.74. The van der Waals surface area contributed by atoms with Crippen molar-refractivity contribution in [3.8, 4) is 5.75 Å². The van der Waals surface area contributed by atoms with Crippen molar-refractivity contribution in [3.05, 3.63) is 30.5 Å². The number of pyridine rings is 1. The van der Waals surface area contributed by atoms with Gasteiger partial charge in [0, 0.05) is 31.2 Å². The Hall–Kier alpha value is -1.81. The second-order valence-corrected chi connectivity index (χ2v) is 5.33. The Morgan fingerprint density at radius 1 is 1.35 bits per heavy atom. The molecule has 4 nitrogen and oxygen atoms in total. The number of aromatic nitrogens is 1. The summed E-state index contributed by atoms with van der Waals surface area (Å²) >= 11 is 0. The number of nitrogens with zero attached hydrogens (tertiary/aromatic N) is 2.